The van der Waals surface area contributed by atoms with Crippen molar-refractivity contribution in [2.75, 3.05) is 27.2 Å². The Hall–Kier alpha value is -0.450. The molecule has 0 N–H and O–H groups in total. The van der Waals surface area contributed by atoms with E-state index in [0.29, 0.717) is 6.04 Å². The van der Waals surface area contributed by atoms with Crippen LogP contribution in [0.2, 0.25) is 0 Å². The first-order valence-electron chi connectivity index (χ1n) is 6.13. The number of pyridine rings is 1. The Morgan fingerprint density at radius 1 is 1.47 bits per heavy atom. The fraction of sp³-hybridized carbons (Fsp3) is 0.615. The van der Waals surface area contributed by atoms with Gasteiger partial charge < -0.3 is 4.90 Å². The van der Waals surface area contributed by atoms with Gasteiger partial charge in [-0.15, -0.1) is 0 Å². The second-order valence-electron chi connectivity index (χ2n) is 5.01. The summed E-state index contributed by atoms with van der Waals surface area (Å²) >= 11 is 3.47. The number of likely N-dealkylation sites (N-methyl/N-ethyl adjacent to an activating group) is 1. The molecule has 1 aromatic heterocycles. The van der Waals surface area contributed by atoms with E-state index in [2.05, 4.69) is 50.9 Å². The molecule has 0 spiro atoms. The molecule has 3 nitrogen and oxygen atoms in total. The number of aromatic nitrogens is 1. The van der Waals surface area contributed by atoms with Gasteiger partial charge in [0.2, 0.25) is 0 Å². The molecule has 0 radical (unpaired) electrons. The van der Waals surface area contributed by atoms with Gasteiger partial charge in [0.15, 0.2) is 0 Å². The van der Waals surface area contributed by atoms with Crippen LogP contribution in [0.25, 0.3) is 0 Å². The molecule has 1 aliphatic rings. The Kier molecular flexibility index (Phi) is 4.54. The number of hydrogen-bond acceptors (Lipinski definition) is 3. The maximum Gasteiger partial charge on any atom is 0.0410 e. The van der Waals surface area contributed by atoms with Gasteiger partial charge in [0.25, 0.3) is 0 Å². The third kappa shape index (κ3) is 3.76. The van der Waals surface area contributed by atoms with Gasteiger partial charge in [-0.05, 0) is 61.0 Å². The van der Waals surface area contributed by atoms with Gasteiger partial charge in [0.05, 0.1) is 0 Å². The average Bonchev–Trinajstić information content (AvgIpc) is 2.29. The maximum absolute atomic E-state index is 4.22. The van der Waals surface area contributed by atoms with Crippen LogP contribution in [0.15, 0.2) is 22.9 Å². The molecule has 0 aliphatic carbocycles. The third-order valence-electron chi connectivity index (χ3n) is 3.38. The monoisotopic (exact) mass is 297 g/mol. The van der Waals surface area contributed by atoms with Crippen LogP contribution in [-0.4, -0.2) is 48.0 Å². The van der Waals surface area contributed by atoms with E-state index >= 15 is 0 Å². The highest BCUT2D eigenvalue weighted by Gasteiger charge is 2.21. The van der Waals surface area contributed by atoms with Gasteiger partial charge in [0, 0.05) is 36.0 Å². The minimum absolute atomic E-state index is 0.698. The van der Waals surface area contributed by atoms with Crippen molar-refractivity contribution in [3.63, 3.8) is 0 Å². The number of halogens is 1. The van der Waals surface area contributed by atoms with Crippen molar-refractivity contribution in [3.8, 4) is 0 Å². The van der Waals surface area contributed by atoms with Crippen molar-refractivity contribution in [2.45, 2.75) is 25.4 Å². The Morgan fingerprint density at radius 2 is 2.29 bits per heavy atom. The Labute approximate surface area is 112 Å². The van der Waals surface area contributed by atoms with Gasteiger partial charge in [-0.3, -0.25) is 9.88 Å². The molecule has 17 heavy (non-hydrogen) atoms. The van der Waals surface area contributed by atoms with Crippen molar-refractivity contribution in [1.29, 1.82) is 0 Å². The minimum Gasteiger partial charge on any atom is -0.305 e. The SMILES string of the molecule is CN(C)C1CCCN(Cc2cncc(Br)c2)C1. The normalized spacial score (nSPS) is 22.0. The highest BCUT2D eigenvalue weighted by atomic mass is 79.9. The van der Waals surface area contributed by atoms with E-state index in [1.807, 2.05) is 12.4 Å². The van der Waals surface area contributed by atoms with Crippen molar-refractivity contribution in [1.82, 2.24) is 14.8 Å². The molecule has 1 aliphatic heterocycles. The van der Waals surface area contributed by atoms with Crippen LogP contribution in [0.1, 0.15) is 18.4 Å². The fourth-order valence-corrected chi connectivity index (χ4v) is 2.81. The smallest absolute Gasteiger partial charge is 0.0410 e. The first-order chi connectivity index (χ1) is 8.15. The summed E-state index contributed by atoms with van der Waals surface area (Å²) in [5.41, 5.74) is 1.29. The molecule has 0 aromatic carbocycles. The maximum atomic E-state index is 4.22. The van der Waals surface area contributed by atoms with Gasteiger partial charge in [-0.2, -0.15) is 0 Å². The molecule has 0 saturated carbocycles. The second kappa shape index (κ2) is 5.94. The Morgan fingerprint density at radius 3 is 3.00 bits per heavy atom. The summed E-state index contributed by atoms with van der Waals surface area (Å²) in [6.45, 7) is 3.38. The molecule has 1 unspecified atom stereocenters. The zero-order valence-corrected chi connectivity index (χ0v) is 12.2. The summed E-state index contributed by atoms with van der Waals surface area (Å²) < 4.78 is 1.07. The molecule has 1 saturated heterocycles. The molecule has 1 fully saturated rings. The zero-order chi connectivity index (χ0) is 12.3. The zero-order valence-electron chi connectivity index (χ0n) is 10.6. The first kappa shape index (κ1) is 13.0. The fourth-order valence-electron chi connectivity index (χ4n) is 2.40. The molecule has 2 heterocycles. The molecular weight excluding hydrogens is 278 g/mol. The predicted octanol–water partition coefficient (Wildman–Crippen LogP) is 2.37. The van der Waals surface area contributed by atoms with Gasteiger partial charge in [-0.1, -0.05) is 0 Å². The van der Waals surface area contributed by atoms with Crippen LogP contribution in [-0.2, 0) is 6.54 Å². The number of hydrogen-bond donors (Lipinski definition) is 0. The lowest BCUT2D eigenvalue weighted by Gasteiger charge is -2.36. The van der Waals surface area contributed by atoms with E-state index in [4.69, 9.17) is 0 Å². The summed E-state index contributed by atoms with van der Waals surface area (Å²) in [6.07, 6.45) is 6.41. The van der Waals surface area contributed by atoms with E-state index in [1.54, 1.807) is 0 Å². The van der Waals surface area contributed by atoms with Crippen LogP contribution < -0.4 is 0 Å². The quantitative estimate of drug-likeness (QED) is 0.854. The summed E-state index contributed by atoms with van der Waals surface area (Å²) in [4.78, 5) is 9.08. The average molecular weight is 298 g/mol. The van der Waals surface area contributed by atoms with Crippen LogP contribution in [0.5, 0.6) is 0 Å². The van der Waals surface area contributed by atoms with Crippen LogP contribution in [0, 0.1) is 0 Å². The Bertz CT molecular complexity index is 367. The Balaban J connectivity index is 1.94. The summed E-state index contributed by atoms with van der Waals surface area (Å²) in [7, 11) is 4.35. The number of rotatable bonds is 3. The van der Waals surface area contributed by atoms with E-state index in [9.17, 15) is 0 Å². The predicted molar refractivity (Wildman–Crippen MR) is 73.9 cm³/mol. The van der Waals surface area contributed by atoms with E-state index < -0.39 is 0 Å². The number of nitrogens with zero attached hydrogens (tertiary/aromatic N) is 3. The van der Waals surface area contributed by atoms with Gasteiger partial charge >= 0.3 is 0 Å². The highest BCUT2D eigenvalue weighted by Crippen LogP contribution is 2.17. The van der Waals surface area contributed by atoms with E-state index in [-0.39, 0.29) is 0 Å². The van der Waals surface area contributed by atoms with Gasteiger partial charge in [-0.25, -0.2) is 0 Å². The topological polar surface area (TPSA) is 19.4 Å². The van der Waals surface area contributed by atoms with Crippen molar-refractivity contribution < 1.29 is 0 Å². The van der Waals surface area contributed by atoms with Crippen molar-refractivity contribution in [3.05, 3.63) is 28.5 Å². The van der Waals surface area contributed by atoms with Gasteiger partial charge in [0.1, 0.15) is 0 Å². The minimum atomic E-state index is 0.698. The summed E-state index contributed by atoms with van der Waals surface area (Å²) in [5.74, 6) is 0. The molecule has 4 heteroatoms. The molecule has 1 atom stereocenters. The first-order valence-corrected chi connectivity index (χ1v) is 6.92. The molecule has 94 valence electrons. The number of likely N-dealkylation sites (tertiary alicyclic amines) is 1. The van der Waals surface area contributed by atoms with E-state index in [0.717, 1.165) is 11.0 Å². The molecule has 0 amide bonds. The summed E-state index contributed by atoms with van der Waals surface area (Å²) in [5, 5.41) is 0. The second-order valence-corrected chi connectivity index (χ2v) is 5.92. The third-order valence-corrected chi connectivity index (χ3v) is 3.81. The molecular formula is C13H20BrN3. The lowest BCUT2D eigenvalue weighted by atomic mass is 10.0. The standard InChI is InChI=1S/C13H20BrN3/c1-16(2)13-4-3-5-17(10-13)9-11-6-12(14)8-15-7-11/h6-8,13H,3-5,9-10H2,1-2H3. The number of piperidine rings is 1. The van der Waals surface area contributed by atoms with Crippen molar-refractivity contribution in [2.24, 2.45) is 0 Å². The molecule has 2 rings (SSSR count). The lowest BCUT2D eigenvalue weighted by Crippen LogP contribution is -2.44. The van der Waals surface area contributed by atoms with Crippen LogP contribution in [0.3, 0.4) is 0 Å². The van der Waals surface area contributed by atoms with Crippen LogP contribution in [0.4, 0.5) is 0 Å². The molecule has 1 aromatic rings. The lowest BCUT2D eigenvalue weighted by molar-refractivity contribution is 0.128. The van der Waals surface area contributed by atoms with Crippen molar-refractivity contribution >= 4 is 15.9 Å². The summed E-state index contributed by atoms with van der Waals surface area (Å²) in [6, 6.07) is 2.86. The highest BCUT2D eigenvalue weighted by molar-refractivity contribution is 9.10. The van der Waals surface area contributed by atoms with Crippen LogP contribution >= 0.6 is 15.9 Å². The molecule has 0 bridgehead atoms. The largest absolute Gasteiger partial charge is 0.305 e. The van der Waals surface area contributed by atoms with E-state index in [1.165, 1.54) is 31.5 Å².